The number of amides is 2. The van der Waals surface area contributed by atoms with Crippen LogP contribution >= 0.6 is 0 Å². The highest BCUT2D eigenvalue weighted by Gasteiger charge is 2.24. The topological polar surface area (TPSA) is 69.7 Å². The fourth-order valence-corrected chi connectivity index (χ4v) is 3.10. The number of nitrogens with zero attached hydrogens (tertiary/aromatic N) is 2. The molecule has 1 N–H and O–H groups in total. The van der Waals surface area contributed by atoms with Crippen LogP contribution in [0.1, 0.15) is 20.8 Å². The van der Waals surface area contributed by atoms with Crippen LogP contribution in [0.2, 0.25) is 0 Å². The highest BCUT2D eigenvalue weighted by atomic mass is 32.2. The van der Waals surface area contributed by atoms with Gasteiger partial charge in [-0.3, -0.25) is 0 Å². The molecule has 0 radical (unpaired) electrons. The maximum absolute atomic E-state index is 12.1. The Hall–Kier alpha value is -1.76. The van der Waals surface area contributed by atoms with E-state index in [9.17, 15) is 13.2 Å². The molecular formula is C16H25N3O3S. The molecule has 1 aliphatic rings. The van der Waals surface area contributed by atoms with Gasteiger partial charge in [0.05, 0.1) is 4.90 Å². The molecule has 1 saturated heterocycles. The van der Waals surface area contributed by atoms with Crippen molar-refractivity contribution in [3.8, 4) is 0 Å². The van der Waals surface area contributed by atoms with Gasteiger partial charge in [-0.2, -0.15) is 0 Å². The highest BCUT2D eigenvalue weighted by Crippen LogP contribution is 2.19. The first-order valence-corrected chi connectivity index (χ1v) is 9.57. The Morgan fingerprint density at radius 1 is 1.04 bits per heavy atom. The molecule has 1 heterocycles. The molecule has 1 aromatic rings. The van der Waals surface area contributed by atoms with Gasteiger partial charge >= 0.3 is 6.03 Å². The Morgan fingerprint density at radius 2 is 1.57 bits per heavy atom. The first-order chi connectivity index (χ1) is 10.6. The van der Waals surface area contributed by atoms with Crippen molar-refractivity contribution in [1.29, 1.82) is 0 Å². The molecule has 7 heteroatoms. The van der Waals surface area contributed by atoms with Gasteiger partial charge in [0.1, 0.15) is 0 Å². The Labute approximate surface area is 138 Å². The van der Waals surface area contributed by atoms with E-state index in [1.807, 2.05) is 37.8 Å². The van der Waals surface area contributed by atoms with E-state index in [0.717, 1.165) is 18.8 Å². The van der Waals surface area contributed by atoms with Crippen molar-refractivity contribution in [3.63, 3.8) is 0 Å². The maximum Gasteiger partial charge on any atom is 0.317 e. The third kappa shape index (κ3) is 4.86. The lowest BCUT2D eigenvalue weighted by Gasteiger charge is -2.37. The summed E-state index contributed by atoms with van der Waals surface area (Å²) >= 11 is 0. The zero-order valence-electron chi connectivity index (χ0n) is 14.2. The van der Waals surface area contributed by atoms with Crippen LogP contribution in [0.15, 0.2) is 29.2 Å². The van der Waals surface area contributed by atoms with E-state index >= 15 is 0 Å². The maximum atomic E-state index is 12.1. The van der Waals surface area contributed by atoms with E-state index in [2.05, 4.69) is 10.2 Å². The molecule has 2 amide bonds. The van der Waals surface area contributed by atoms with E-state index in [0.29, 0.717) is 18.0 Å². The zero-order chi connectivity index (χ0) is 17.3. The quantitative estimate of drug-likeness (QED) is 0.891. The summed E-state index contributed by atoms with van der Waals surface area (Å²) < 4.78 is 23.0. The third-order valence-electron chi connectivity index (χ3n) is 3.68. The number of sulfone groups is 1. The molecule has 23 heavy (non-hydrogen) atoms. The van der Waals surface area contributed by atoms with Gasteiger partial charge in [0.25, 0.3) is 0 Å². The number of hydrogen-bond acceptors (Lipinski definition) is 4. The van der Waals surface area contributed by atoms with E-state index in [1.54, 1.807) is 12.1 Å². The molecule has 2 rings (SSSR count). The van der Waals surface area contributed by atoms with Crippen molar-refractivity contribution in [3.05, 3.63) is 24.3 Å². The SMILES string of the molecule is CC(C)(C)NC(=O)N1CCN(c2ccc(S(C)(=O)=O)cc2)CC1. The monoisotopic (exact) mass is 339 g/mol. The van der Waals surface area contributed by atoms with E-state index in [-0.39, 0.29) is 11.6 Å². The third-order valence-corrected chi connectivity index (χ3v) is 4.81. The second kappa shape index (κ2) is 6.39. The predicted octanol–water partition coefficient (Wildman–Crippen LogP) is 1.72. The predicted molar refractivity (Wildman–Crippen MR) is 91.6 cm³/mol. The Bertz CT molecular complexity index is 655. The number of benzene rings is 1. The van der Waals surface area contributed by atoms with Gasteiger partial charge in [0.15, 0.2) is 9.84 Å². The van der Waals surface area contributed by atoms with E-state index in [4.69, 9.17) is 0 Å². The largest absolute Gasteiger partial charge is 0.368 e. The Balaban J connectivity index is 1.95. The summed E-state index contributed by atoms with van der Waals surface area (Å²) in [5, 5.41) is 2.97. The highest BCUT2D eigenvalue weighted by molar-refractivity contribution is 7.90. The molecule has 128 valence electrons. The molecule has 1 aliphatic heterocycles. The summed E-state index contributed by atoms with van der Waals surface area (Å²) in [6.07, 6.45) is 1.20. The van der Waals surface area contributed by atoms with Crippen molar-refractivity contribution < 1.29 is 13.2 Å². The molecule has 1 aromatic carbocycles. The molecule has 0 aromatic heterocycles. The lowest BCUT2D eigenvalue weighted by molar-refractivity contribution is 0.185. The van der Waals surface area contributed by atoms with Gasteiger partial charge < -0.3 is 15.1 Å². The lowest BCUT2D eigenvalue weighted by Crippen LogP contribution is -2.55. The first-order valence-electron chi connectivity index (χ1n) is 7.68. The molecule has 0 saturated carbocycles. The molecule has 1 fully saturated rings. The van der Waals surface area contributed by atoms with Crippen molar-refractivity contribution in [1.82, 2.24) is 10.2 Å². The summed E-state index contributed by atoms with van der Waals surface area (Å²) in [6, 6.07) is 6.86. The van der Waals surface area contributed by atoms with Crippen molar-refractivity contribution in [2.24, 2.45) is 0 Å². The normalized spacial score (nSPS) is 16.3. The van der Waals surface area contributed by atoms with Crippen molar-refractivity contribution in [2.45, 2.75) is 31.2 Å². The molecular weight excluding hydrogens is 314 g/mol. The minimum Gasteiger partial charge on any atom is -0.368 e. The van der Waals surface area contributed by atoms with Gasteiger partial charge in [-0.15, -0.1) is 0 Å². The molecule has 0 bridgehead atoms. The number of anilines is 1. The van der Waals surface area contributed by atoms with Crippen LogP contribution in [-0.2, 0) is 9.84 Å². The van der Waals surface area contributed by atoms with Crippen LogP contribution in [-0.4, -0.2) is 57.3 Å². The molecule has 0 spiro atoms. The number of hydrogen-bond donors (Lipinski definition) is 1. The molecule has 6 nitrogen and oxygen atoms in total. The fourth-order valence-electron chi connectivity index (χ4n) is 2.47. The second-order valence-electron chi connectivity index (χ2n) is 6.92. The number of carbonyl (C=O) groups is 1. The van der Waals surface area contributed by atoms with Gasteiger partial charge in [-0.05, 0) is 45.0 Å². The van der Waals surface area contributed by atoms with Gasteiger partial charge in [-0.1, -0.05) is 0 Å². The zero-order valence-corrected chi connectivity index (χ0v) is 15.0. The van der Waals surface area contributed by atoms with Crippen LogP contribution < -0.4 is 10.2 Å². The molecule has 0 atom stereocenters. The Kier molecular flexibility index (Phi) is 4.89. The second-order valence-corrected chi connectivity index (χ2v) is 8.94. The number of urea groups is 1. The van der Waals surface area contributed by atoms with Crippen LogP contribution in [0.4, 0.5) is 10.5 Å². The minimum absolute atomic E-state index is 0.0374. The van der Waals surface area contributed by atoms with Crippen molar-refractivity contribution in [2.75, 3.05) is 37.3 Å². The summed E-state index contributed by atoms with van der Waals surface area (Å²) in [5.41, 5.74) is 0.740. The van der Waals surface area contributed by atoms with Crippen molar-refractivity contribution >= 4 is 21.6 Å². The lowest BCUT2D eigenvalue weighted by atomic mass is 10.1. The first kappa shape index (κ1) is 17.6. The average molecular weight is 339 g/mol. The van der Waals surface area contributed by atoms with Gasteiger partial charge in [-0.25, -0.2) is 13.2 Å². The number of nitrogens with one attached hydrogen (secondary N) is 1. The van der Waals surface area contributed by atoms with Crippen LogP contribution in [0.25, 0.3) is 0 Å². The standard InChI is InChI=1S/C16H25N3O3S/c1-16(2,3)17-15(20)19-11-9-18(10-12-19)13-5-7-14(8-6-13)23(4,21)22/h5-8H,9-12H2,1-4H3,(H,17,20). The average Bonchev–Trinajstić information content (AvgIpc) is 2.45. The summed E-state index contributed by atoms with van der Waals surface area (Å²) in [7, 11) is -3.17. The van der Waals surface area contributed by atoms with Gasteiger partial charge in [0.2, 0.25) is 0 Å². The van der Waals surface area contributed by atoms with E-state index in [1.165, 1.54) is 6.26 Å². The summed E-state index contributed by atoms with van der Waals surface area (Å²) in [5.74, 6) is 0. The fraction of sp³-hybridized carbons (Fsp3) is 0.562. The summed E-state index contributed by atoms with van der Waals surface area (Å²) in [4.78, 5) is 16.4. The minimum atomic E-state index is -3.17. The summed E-state index contributed by atoms with van der Waals surface area (Å²) in [6.45, 7) is 8.65. The number of carbonyl (C=O) groups excluding carboxylic acids is 1. The number of piperazine rings is 1. The molecule has 0 unspecified atom stereocenters. The van der Waals surface area contributed by atoms with E-state index < -0.39 is 9.84 Å². The Morgan fingerprint density at radius 3 is 2.00 bits per heavy atom. The van der Waals surface area contributed by atoms with Crippen LogP contribution in [0.3, 0.4) is 0 Å². The smallest absolute Gasteiger partial charge is 0.317 e. The van der Waals surface area contributed by atoms with Crippen LogP contribution in [0.5, 0.6) is 0 Å². The van der Waals surface area contributed by atoms with Gasteiger partial charge in [0, 0.05) is 43.7 Å². The van der Waals surface area contributed by atoms with Crippen LogP contribution in [0, 0.1) is 0 Å². The molecule has 0 aliphatic carbocycles. The number of rotatable bonds is 2.